The maximum Gasteiger partial charge on any atom is 0.416 e. The quantitative estimate of drug-likeness (QED) is 0.0538. The minimum Gasteiger partial charge on any atom is -0.481 e. The van der Waals surface area contributed by atoms with Crippen LogP contribution in [0, 0.1) is 11.8 Å². The summed E-state index contributed by atoms with van der Waals surface area (Å²) < 4.78 is 187. The third-order valence-electron chi connectivity index (χ3n) is 21.4. The van der Waals surface area contributed by atoms with Gasteiger partial charge in [-0.05, 0) is 161 Å². The van der Waals surface area contributed by atoms with Crippen LogP contribution in [0.2, 0.25) is 0 Å². The lowest BCUT2D eigenvalue weighted by atomic mass is 9.81. The molecule has 604 valence electrons. The van der Waals surface area contributed by atoms with Crippen LogP contribution in [0.15, 0.2) is 122 Å². The van der Waals surface area contributed by atoms with Gasteiger partial charge in [0.2, 0.25) is 17.8 Å². The summed E-state index contributed by atoms with van der Waals surface area (Å²) in [6.45, 7) is 11.0. The molecule has 0 spiro atoms. The number of likely N-dealkylation sites (tertiary alicyclic amines) is 1. The number of nitrogens with zero attached hydrogens (tertiary/aromatic N) is 9. The van der Waals surface area contributed by atoms with E-state index in [9.17, 15) is 71.9 Å². The predicted molar refractivity (Wildman–Crippen MR) is 390 cm³/mol. The first kappa shape index (κ1) is 84.6. The molecule has 6 atom stereocenters. The molecule has 2 saturated carbocycles. The highest BCUT2D eigenvalue weighted by Crippen LogP contribution is 2.42. The lowest BCUT2D eigenvalue weighted by Crippen LogP contribution is -2.59. The highest BCUT2D eigenvalue weighted by Gasteiger charge is 2.45. The van der Waals surface area contributed by atoms with Crippen LogP contribution in [0.4, 0.5) is 76.0 Å². The summed E-state index contributed by atoms with van der Waals surface area (Å²) in [6, 6.07) is 21.9. The highest BCUT2D eigenvalue weighted by atomic mass is 19.4. The van der Waals surface area contributed by atoms with Gasteiger partial charge in [-0.1, -0.05) is 74.5 Å². The number of esters is 2. The highest BCUT2D eigenvalue weighted by molar-refractivity contribution is 5.80. The molecule has 6 heterocycles. The number of rotatable bonds is 20. The van der Waals surface area contributed by atoms with Crippen LogP contribution < -0.4 is 24.9 Å². The monoisotopic (exact) mass is 1570 g/mol. The number of amides is 1. The van der Waals surface area contributed by atoms with E-state index in [0.717, 1.165) is 59.6 Å². The molecule has 0 unspecified atom stereocenters. The second-order valence-electron chi connectivity index (χ2n) is 29.3. The largest absolute Gasteiger partial charge is 0.481 e. The Balaban J connectivity index is 0.000000207. The average Bonchev–Trinajstić information content (AvgIpc) is 0.792. The number of aliphatic carboxylic acids is 1. The van der Waals surface area contributed by atoms with E-state index in [4.69, 9.17) is 24.1 Å². The van der Waals surface area contributed by atoms with Crippen LogP contribution in [0.1, 0.15) is 162 Å². The Morgan fingerprint density at radius 3 is 1.22 bits per heavy atom. The normalized spacial score (nSPS) is 23.4. The Morgan fingerprint density at radius 2 is 0.847 bits per heavy atom. The minimum atomic E-state index is -5.01. The molecule has 19 nitrogen and oxygen atoms in total. The molecule has 6 aromatic rings. The van der Waals surface area contributed by atoms with Crippen molar-refractivity contribution in [3.63, 3.8) is 0 Å². The molecule has 6 fully saturated rings. The van der Waals surface area contributed by atoms with Crippen LogP contribution in [0.25, 0.3) is 0 Å². The van der Waals surface area contributed by atoms with E-state index in [0.29, 0.717) is 142 Å². The predicted octanol–water partition coefficient (Wildman–Crippen LogP) is 15.6. The van der Waals surface area contributed by atoms with E-state index >= 15 is 0 Å². The van der Waals surface area contributed by atoms with E-state index < -0.39 is 59.0 Å². The number of carbonyl (C=O) groups excluding carboxylic acids is 3. The molecular formula is C80H96F12N10O9. The number of hydrogen-bond acceptors (Lipinski definition) is 17. The van der Waals surface area contributed by atoms with Crippen molar-refractivity contribution >= 4 is 47.1 Å². The maximum atomic E-state index is 14.5. The average molecular weight is 1570 g/mol. The van der Waals surface area contributed by atoms with Gasteiger partial charge in [-0.25, -0.2) is 19.9 Å². The number of halogens is 12. The number of anilines is 4. The number of alkyl halides is 12. The first-order chi connectivity index (χ1) is 52.8. The molecule has 2 N–H and O–H groups in total. The smallest absolute Gasteiger partial charge is 0.416 e. The van der Waals surface area contributed by atoms with Crippen LogP contribution in [-0.2, 0) is 88.8 Å². The van der Waals surface area contributed by atoms with Crippen molar-refractivity contribution in [1.29, 1.82) is 0 Å². The van der Waals surface area contributed by atoms with Gasteiger partial charge >= 0.3 is 42.6 Å². The van der Waals surface area contributed by atoms with Crippen molar-refractivity contribution in [2.75, 3.05) is 72.2 Å². The van der Waals surface area contributed by atoms with Gasteiger partial charge in [0, 0.05) is 95.3 Å². The van der Waals surface area contributed by atoms with E-state index in [1.807, 2.05) is 77.4 Å². The van der Waals surface area contributed by atoms with Crippen LogP contribution in [-0.4, -0.2) is 155 Å². The number of carboxylic acid groups (broad SMARTS) is 1. The Kier molecular flexibility index (Phi) is 29.1. The van der Waals surface area contributed by atoms with Crippen LogP contribution in [0.3, 0.4) is 0 Å². The van der Waals surface area contributed by atoms with Crippen molar-refractivity contribution in [2.24, 2.45) is 11.8 Å². The SMILES string of the molecule is CC(=O)OC1CCC(C(=O)O)CC1.CC[C@@H]1C[C@H](N(Cc2cc(C(F)(F)F)cc(C(F)(F)F)c2)c2ncc(N3CCOCC3)cn2)C[C@H](Cc2ccccc2)N1.CC[C@@H]1C[C@H](N(Cc2cc(C(F)(F)F)cc(C(F)(F)F)c2)c2ncc(N3CCOCC3)cn2)C[C@H](Cc2ccccc2)N1C(=O)C1CCC(OC(C)=O)CC1. The fraction of sp³-hybridized carbons (Fsp3) is 0.550. The van der Waals surface area contributed by atoms with E-state index in [1.54, 1.807) is 34.6 Å². The van der Waals surface area contributed by atoms with Crippen molar-refractivity contribution in [1.82, 2.24) is 30.2 Å². The number of aromatic nitrogens is 4. The zero-order chi connectivity index (χ0) is 79.8. The number of ether oxygens (including phenoxy) is 4. The van der Waals surface area contributed by atoms with Crippen molar-refractivity contribution in [2.45, 2.75) is 217 Å². The number of nitrogens with one attached hydrogen (secondary N) is 1. The second-order valence-corrected chi connectivity index (χ2v) is 29.3. The zero-order valence-electron chi connectivity index (χ0n) is 62.5. The summed E-state index contributed by atoms with van der Waals surface area (Å²) in [4.78, 5) is 75.3. The van der Waals surface area contributed by atoms with Crippen LogP contribution >= 0.6 is 0 Å². The fourth-order valence-electron chi connectivity index (χ4n) is 15.9. The molecule has 31 heteroatoms. The standard InChI is InChI=1S/C40H47F6N5O4.C31H35F6N5O.C9H14O4/c1-3-32-21-33(22-34(19-27-7-5-4-6-8-27)51(32)37(53)29-9-11-36(12-10-29)55-26(2)52)50(38-47-23-35(24-48-38)49-13-15-54-16-14-49)25-28-17-30(39(41,42)43)20-31(18-28)40(44,45)46;1-2-25-16-27(17-26(40-25)14-21-6-4-3-5-7-21)42(29-38-18-28(19-39-29)41-8-10-43-11-9-41)20-22-12-23(30(32,33)34)15-24(13-22)31(35,36)37;1-6(10)13-8-4-2-7(3-5-8)9(11)12/h4-8,17-18,20,23-24,29,32-34,36H,3,9-16,19,21-22,25H2,1-2H3;3-7,12-13,15,18-19,25-27,40H,2,8-11,14,16-17,20H2,1H3;7-8H,2-5H2,1H3,(H,11,12)/t29?,32-,33+,34+,36?;25-,26+,27+;/m11./s1. The first-order valence-electron chi connectivity index (χ1n) is 37.9. The summed E-state index contributed by atoms with van der Waals surface area (Å²) >= 11 is 0. The fourth-order valence-corrected chi connectivity index (χ4v) is 15.9. The zero-order valence-corrected chi connectivity index (χ0v) is 62.5. The first-order valence-corrected chi connectivity index (χ1v) is 37.9. The van der Waals surface area contributed by atoms with Crippen molar-refractivity contribution in [3.8, 4) is 0 Å². The Morgan fingerprint density at radius 1 is 0.477 bits per heavy atom. The number of carbonyl (C=O) groups is 4. The molecule has 0 bridgehead atoms. The van der Waals surface area contributed by atoms with Crippen molar-refractivity contribution < 1.29 is 95.9 Å². The summed E-state index contributed by atoms with van der Waals surface area (Å²) in [6.07, 6.45) is -4.07. The number of benzene rings is 4. The van der Waals surface area contributed by atoms with E-state index in [1.165, 1.54) is 13.8 Å². The third-order valence-corrected chi connectivity index (χ3v) is 21.4. The molecule has 4 saturated heterocycles. The molecule has 12 rings (SSSR count). The lowest BCUT2D eigenvalue weighted by molar-refractivity contribution is -0.152. The molecule has 2 aliphatic carbocycles. The van der Waals surface area contributed by atoms with Gasteiger partial charge in [0.05, 0.1) is 90.8 Å². The van der Waals surface area contributed by atoms with E-state index in [2.05, 4.69) is 37.1 Å². The number of carboxylic acids is 1. The Labute approximate surface area is 637 Å². The second kappa shape index (κ2) is 38.1. The third kappa shape index (κ3) is 24.1. The van der Waals surface area contributed by atoms with E-state index in [-0.39, 0.29) is 120 Å². The maximum absolute atomic E-state index is 14.5. The Bertz CT molecular complexity index is 3910. The topological polar surface area (TPSA) is 205 Å². The van der Waals surface area contributed by atoms with Gasteiger partial charge in [0.1, 0.15) is 12.2 Å². The lowest BCUT2D eigenvalue weighted by Gasteiger charge is -2.49. The van der Waals surface area contributed by atoms with Gasteiger partial charge in [-0.15, -0.1) is 0 Å². The summed E-state index contributed by atoms with van der Waals surface area (Å²) in [5, 5.41) is 12.4. The molecule has 6 aliphatic rings. The van der Waals surface area contributed by atoms with Gasteiger partial charge < -0.3 is 53.9 Å². The number of piperidine rings is 2. The molecule has 4 aromatic carbocycles. The molecular weight excluding hydrogens is 1470 g/mol. The summed E-state index contributed by atoms with van der Waals surface area (Å²) in [5.41, 5.74) is -2.10. The van der Waals surface area contributed by atoms with Gasteiger partial charge in [-0.3, -0.25) is 19.2 Å². The summed E-state index contributed by atoms with van der Waals surface area (Å²) in [7, 11) is 0. The molecule has 1 amide bonds. The molecule has 0 radical (unpaired) electrons. The number of hydrogen-bond donors (Lipinski definition) is 2. The van der Waals surface area contributed by atoms with Crippen LogP contribution in [0.5, 0.6) is 0 Å². The Hall–Kier alpha value is -8.84. The number of morpholine rings is 2. The molecule has 4 aliphatic heterocycles. The van der Waals surface area contributed by atoms with Crippen molar-refractivity contribution in [3.05, 3.63) is 166 Å². The minimum absolute atomic E-state index is 0.0119. The summed E-state index contributed by atoms with van der Waals surface area (Å²) in [5.74, 6) is -1.43. The molecule has 2 aromatic heterocycles. The van der Waals surface area contributed by atoms with Gasteiger partial charge in [0.25, 0.3) is 0 Å². The van der Waals surface area contributed by atoms with Gasteiger partial charge in [0.15, 0.2) is 0 Å². The van der Waals surface area contributed by atoms with Gasteiger partial charge in [-0.2, -0.15) is 52.7 Å². The molecule has 111 heavy (non-hydrogen) atoms.